The van der Waals surface area contributed by atoms with Crippen molar-refractivity contribution in [2.75, 3.05) is 27.3 Å². The zero-order chi connectivity index (χ0) is 22.8. The van der Waals surface area contributed by atoms with E-state index >= 15 is 0 Å². The van der Waals surface area contributed by atoms with Gasteiger partial charge in [-0.3, -0.25) is 14.4 Å². The highest BCUT2D eigenvalue weighted by Crippen LogP contribution is 2.35. The smallest absolute Gasteiger partial charge is 0.295 e. The van der Waals surface area contributed by atoms with Gasteiger partial charge in [-0.1, -0.05) is 30.3 Å². The maximum Gasteiger partial charge on any atom is 0.295 e. The topological polar surface area (TPSA) is 88.7 Å². The Bertz CT molecular complexity index is 1170. The van der Waals surface area contributed by atoms with Gasteiger partial charge in [-0.2, -0.15) is 0 Å². The molecule has 0 atom stereocenters. The molecule has 0 spiro atoms. The maximum atomic E-state index is 13.2. The number of amides is 1. The number of nitrogens with one attached hydrogen (secondary N) is 1. The van der Waals surface area contributed by atoms with E-state index < -0.39 is 11.7 Å². The Morgan fingerprint density at radius 2 is 1.59 bits per heavy atom. The van der Waals surface area contributed by atoms with Crippen LogP contribution in [-0.4, -0.2) is 54.7 Å². The Morgan fingerprint density at radius 3 is 2.22 bits per heavy atom. The molecule has 32 heavy (non-hydrogen) atoms. The summed E-state index contributed by atoms with van der Waals surface area (Å²) in [4.78, 5) is 43.6. The lowest BCUT2D eigenvalue weighted by molar-refractivity contribution is -0.127. The van der Waals surface area contributed by atoms with Gasteiger partial charge in [0.2, 0.25) is 0 Å². The third kappa shape index (κ3) is 3.86. The zero-order valence-corrected chi connectivity index (χ0v) is 18.4. The van der Waals surface area contributed by atoms with E-state index in [4.69, 9.17) is 9.47 Å². The van der Waals surface area contributed by atoms with Gasteiger partial charge < -0.3 is 19.4 Å². The van der Waals surface area contributed by atoms with E-state index in [1.165, 1.54) is 7.11 Å². The second-order valence-corrected chi connectivity index (χ2v) is 8.00. The fourth-order valence-electron chi connectivity index (χ4n) is 4.38. The summed E-state index contributed by atoms with van der Waals surface area (Å²) in [6, 6.07) is 12.7. The van der Waals surface area contributed by atoms with Gasteiger partial charge in [0.1, 0.15) is 0 Å². The number of aryl methyl sites for hydroxylation is 1. The van der Waals surface area contributed by atoms with Crippen molar-refractivity contribution < 1.29 is 23.9 Å². The Balaban J connectivity index is 1.51. The predicted octanol–water partition coefficient (Wildman–Crippen LogP) is 3.80. The van der Waals surface area contributed by atoms with Crippen LogP contribution in [-0.2, 0) is 4.79 Å². The van der Waals surface area contributed by atoms with E-state index in [1.807, 2.05) is 30.3 Å². The number of aromatic nitrogens is 1. The van der Waals surface area contributed by atoms with Crippen LogP contribution in [0.2, 0.25) is 0 Å². The highest BCUT2D eigenvalue weighted by Gasteiger charge is 2.32. The Kier molecular flexibility index (Phi) is 5.99. The molecule has 1 aromatic heterocycles. The molecule has 4 rings (SSSR count). The molecule has 1 saturated heterocycles. The van der Waals surface area contributed by atoms with Gasteiger partial charge >= 0.3 is 0 Å². The number of ketones is 2. The lowest BCUT2D eigenvalue weighted by atomic mass is 9.88. The third-order valence-electron chi connectivity index (χ3n) is 6.12. The number of fused-ring (bicyclic) bond motifs is 1. The highest BCUT2D eigenvalue weighted by molar-refractivity contribution is 6.45. The van der Waals surface area contributed by atoms with Crippen molar-refractivity contribution >= 4 is 28.4 Å². The summed E-state index contributed by atoms with van der Waals surface area (Å²) in [5.41, 5.74) is 2.34. The van der Waals surface area contributed by atoms with Gasteiger partial charge in [0.15, 0.2) is 17.3 Å². The Labute approximate surface area is 186 Å². The van der Waals surface area contributed by atoms with E-state index in [0.29, 0.717) is 65.2 Å². The van der Waals surface area contributed by atoms with Gasteiger partial charge in [-0.25, -0.2) is 0 Å². The molecule has 166 valence electrons. The number of ether oxygens (including phenoxy) is 2. The monoisotopic (exact) mass is 434 g/mol. The number of hydrogen-bond donors (Lipinski definition) is 1. The number of Topliss-reactive ketones (excluding diaryl/α,β-unsaturated/α-hetero) is 2. The van der Waals surface area contributed by atoms with Gasteiger partial charge in [-0.15, -0.1) is 0 Å². The minimum absolute atomic E-state index is 0.0949. The number of methoxy groups -OCH3 is 2. The minimum Gasteiger partial charge on any atom is -0.493 e. The second kappa shape index (κ2) is 8.86. The number of H-pyrrole nitrogens is 1. The molecule has 1 fully saturated rings. The zero-order valence-electron chi connectivity index (χ0n) is 18.4. The van der Waals surface area contributed by atoms with Crippen LogP contribution >= 0.6 is 0 Å². The van der Waals surface area contributed by atoms with E-state index in [1.54, 1.807) is 31.1 Å². The number of rotatable bonds is 6. The molecule has 7 nitrogen and oxygen atoms in total. The average molecular weight is 434 g/mol. The first kappa shape index (κ1) is 21.6. The first-order chi connectivity index (χ1) is 15.4. The lowest BCUT2D eigenvalue weighted by Crippen LogP contribution is -2.43. The number of carbonyl (C=O) groups excluding carboxylic acids is 3. The van der Waals surface area contributed by atoms with Crippen LogP contribution in [0.15, 0.2) is 42.5 Å². The van der Waals surface area contributed by atoms with Crippen LogP contribution in [0.1, 0.15) is 39.3 Å². The maximum absolute atomic E-state index is 13.2. The van der Waals surface area contributed by atoms with E-state index in [9.17, 15) is 14.4 Å². The van der Waals surface area contributed by atoms with Crippen LogP contribution in [0, 0.1) is 12.8 Å². The van der Waals surface area contributed by atoms with Gasteiger partial charge in [0.25, 0.3) is 11.7 Å². The van der Waals surface area contributed by atoms with Crippen LogP contribution in [0.5, 0.6) is 11.5 Å². The standard InChI is InChI=1S/C25H26N2O5/c1-15-22(18-13-20(31-2)21(32-3)14-19(18)26-15)24(29)25(30)27-11-9-17(10-12-27)23(28)16-7-5-4-6-8-16/h4-8,13-14,17,26H,9-12H2,1-3H3. The molecule has 1 aliphatic heterocycles. The van der Waals surface area contributed by atoms with Crippen molar-refractivity contribution in [3.63, 3.8) is 0 Å². The molecule has 2 heterocycles. The van der Waals surface area contributed by atoms with E-state index in [2.05, 4.69) is 4.98 Å². The SMILES string of the molecule is COc1cc2[nH]c(C)c(C(=O)C(=O)N3CCC(C(=O)c4ccccc4)CC3)c2cc1OC. The fourth-order valence-corrected chi connectivity index (χ4v) is 4.38. The summed E-state index contributed by atoms with van der Waals surface area (Å²) in [6.45, 7) is 2.53. The summed E-state index contributed by atoms with van der Waals surface area (Å²) in [7, 11) is 3.07. The lowest BCUT2D eigenvalue weighted by Gasteiger charge is -2.31. The van der Waals surface area contributed by atoms with Crippen molar-refractivity contribution in [2.45, 2.75) is 19.8 Å². The number of carbonyl (C=O) groups is 3. The predicted molar refractivity (Wildman–Crippen MR) is 121 cm³/mol. The number of benzene rings is 2. The average Bonchev–Trinajstić information content (AvgIpc) is 3.16. The normalized spacial score (nSPS) is 14.4. The Hall–Kier alpha value is -3.61. The highest BCUT2D eigenvalue weighted by atomic mass is 16.5. The first-order valence-electron chi connectivity index (χ1n) is 10.6. The molecular formula is C25H26N2O5. The minimum atomic E-state index is -0.561. The van der Waals surface area contributed by atoms with Crippen molar-refractivity contribution in [3.8, 4) is 11.5 Å². The molecule has 0 saturated carbocycles. The van der Waals surface area contributed by atoms with Crippen LogP contribution in [0.25, 0.3) is 10.9 Å². The van der Waals surface area contributed by atoms with Crippen molar-refractivity contribution in [1.82, 2.24) is 9.88 Å². The molecule has 0 aliphatic carbocycles. The number of piperidine rings is 1. The van der Waals surface area contributed by atoms with Crippen molar-refractivity contribution in [2.24, 2.45) is 5.92 Å². The molecule has 0 unspecified atom stereocenters. The number of aromatic amines is 1. The first-order valence-corrected chi connectivity index (χ1v) is 10.6. The molecule has 7 heteroatoms. The largest absolute Gasteiger partial charge is 0.493 e. The van der Waals surface area contributed by atoms with E-state index in [-0.39, 0.29) is 11.7 Å². The molecule has 1 amide bonds. The second-order valence-electron chi connectivity index (χ2n) is 8.00. The summed E-state index contributed by atoms with van der Waals surface area (Å²) in [5, 5.41) is 0.618. The molecule has 3 aromatic rings. The Morgan fingerprint density at radius 1 is 0.969 bits per heavy atom. The quantitative estimate of drug-likeness (QED) is 0.471. The van der Waals surface area contributed by atoms with Crippen molar-refractivity contribution in [3.05, 3.63) is 59.3 Å². The molecular weight excluding hydrogens is 408 g/mol. The van der Waals surface area contributed by atoms with Crippen molar-refractivity contribution in [1.29, 1.82) is 0 Å². The summed E-state index contributed by atoms with van der Waals surface area (Å²) in [6.07, 6.45) is 1.09. The molecule has 0 bridgehead atoms. The molecule has 1 aliphatic rings. The fraction of sp³-hybridized carbons (Fsp3) is 0.320. The summed E-state index contributed by atoms with van der Waals surface area (Å²) < 4.78 is 10.7. The molecule has 1 N–H and O–H groups in total. The van der Waals surface area contributed by atoms with Crippen LogP contribution in [0.4, 0.5) is 0 Å². The number of nitrogens with zero attached hydrogens (tertiary/aromatic N) is 1. The molecule has 0 radical (unpaired) electrons. The molecule has 2 aromatic carbocycles. The summed E-state index contributed by atoms with van der Waals surface area (Å²) in [5.74, 6) is -0.124. The van der Waals surface area contributed by atoms with E-state index in [0.717, 1.165) is 0 Å². The number of hydrogen-bond acceptors (Lipinski definition) is 5. The van der Waals surface area contributed by atoms with Crippen LogP contribution in [0.3, 0.4) is 0 Å². The van der Waals surface area contributed by atoms with Gasteiger partial charge in [-0.05, 0) is 25.8 Å². The number of likely N-dealkylation sites (tertiary alicyclic amines) is 1. The van der Waals surface area contributed by atoms with Gasteiger partial charge in [0.05, 0.1) is 25.3 Å². The summed E-state index contributed by atoms with van der Waals surface area (Å²) >= 11 is 0. The van der Waals surface area contributed by atoms with Crippen LogP contribution < -0.4 is 9.47 Å². The third-order valence-corrected chi connectivity index (χ3v) is 6.12. The van der Waals surface area contributed by atoms with Gasteiger partial charge in [0, 0.05) is 41.7 Å².